The summed E-state index contributed by atoms with van der Waals surface area (Å²) in [5, 5.41) is 2.70. The highest BCUT2D eigenvalue weighted by atomic mass is 16.7. The lowest BCUT2D eigenvalue weighted by atomic mass is 10.0. The zero-order valence-corrected chi connectivity index (χ0v) is 13.1. The first kappa shape index (κ1) is 16.0. The van der Waals surface area contributed by atoms with Crippen LogP contribution in [0.2, 0.25) is 0 Å². The Bertz CT molecular complexity index is 545. The SMILES string of the molecule is O=C(Cc1ccccc1)NCC(=O)N1CCC2(CC1)OCCO2. The highest BCUT2D eigenvalue weighted by Crippen LogP contribution is 2.31. The summed E-state index contributed by atoms with van der Waals surface area (Å²) >= 11 is 0. The summed E-state index contributed by atoms with van der Waals surface area (Å²) in [6.07, 6.45) is 1.67. The fraction of sp³-hybridized carbons (Fsp3) is 0.529. The van der Waals surface area contributed by atoms with Crippen LogP contribution in [0.3, 0.4) is 0 Å². The number of rotatable bonds is 4. The molecule has 1 aromatic rings. The molecule has 0 saturated carbocycles. The lowest BCUT2D eigenvalue weighted by molar-refractivity contribution is -0.187. The number of nitrogens with one attached hydrogen (secondary N) is 1. The molecule has 0 bridgehead atoms. The summed E-state index contributed by atoms with van der Waals surface area (Å²) < 4.78 is 11.3. The molecule has 3 rings (SSSR count). The minimum atomic E-state index is -0.479. The van der Waals surface area contributed by atoms with Gasteiger partial charge in [-0.1, -0.05) is 30.3 Å². The maximum absolute atomic E-state index is 12.2. The molecule has 2 fully saturated rings. The fourth-order valence-electron chi connectivity index (χ4n) is 3.01. The highest BCUT2D eigenvalue weighted by Gasteiger charge is 2.40. The van der Waals surface area contributed by atoms with E-state index in [4.69, 9.17) is 9.47 Å². The number of benzene rings is 1. The standard InChI is InChI=1S/C17H22N2O4/c20-15(12-14-4-2-1-3-5-14)18-13-16(21)19-8-6-17(7-9-19)22-10-11-23-17/h1-5H,6-13H2,(H,18,20). The molecule has 0 aliphatic carbocycles. The van der Waals surface area contributed by atoms with Crippen molar-refractivity contribution in [3.8, 4) is 0 Å². The molecular weight excluding hydrogens is 296 g/mol. The minimum absolute atomic E-state index is 0.0420. The van der Waals surface area contributed by atoms with Crippen molar-refractivity contribution in [2.24, 2.45) is 0 Å². The van der Waals surface area contributed by atoms with Crippen LogP contribution in [0.15, 0.2) is 30.3 Å². The molecule has 2 aliphatic rings. The smallest absolute Gasteiger partial charge is 0.241 e. The molecular formula is C17H22N2O4. The summed E-state index contributed by atoms with van der Waals surface area (Å²) in [5.41, 5.74) is 0.938. The topological polar surface area (TPSA) is 67.9 Å². The number of piperidine rings is 1. The lowest BCUT2D eigenvalue weighted by Gasteiger charge is -2.37. The van der Waals surface area contributed by atoms with Crippen molar-refractivity contribution in [1.82, 2.24) is 10.2 Å². The third-order valence-electron chi connectivity index (χ3n) is 4.34. The molecule has 1 aromatic carbocycles. The Balaban J connectivity index is 1.40. The Hall–Kier alpha value is -1.92. The van der Waals surface area contributed by atoms with E-state index >= 15 is 0 Å². The maximum Gasteiger partial charge on any atom is 0.241 e. The van der Waals surface area contributed by atoms with E-state index in [0.29, 0.717) is 45.6 Å². The summed E-state index contributed by atoms with van der Waals surface area (Å²) in [6.45, 7) is 2.51. The van der Waals surface area contributed by atoms with Gasteiger partial charge in [0.05, 0.1) is 26.2 Å². The summed E-state index contributed by atoms with van der Waals surface area (Å²) in [6, 6.07) is 9.49. The molecule has 1 spiro atoms. The summed E-state index contributed by atoms with van der Waals surface area (Å²) in [4.78, 5) is 25.8. The molecule has 0 radical (unpaired) electrons. The molecule has 2 aliphatic heterocycles. The van der Waals surface area contributed by atoms with E-state index < -0.39 is 5.79 Å². The van der Waals surface area contributed by atoms with Gasteiger partial charge in [-0.25, -0.2) is 0 Å². The molecule has 0 atom stereocenters. The number of amides is 2. The average Bonchev–Trinajstić information content (AvgIpc) is 3.02. The Morgan fingerprint density at radius 1 is 1.09 bits per heavy atom. The van der Waals surface area contributed by atoms with Crippen LogP contribution in [0.25, 0.3) is 0 Å². The predicted octanol–water partition coefficient (Wildman–Crippen LogP) is 0.711. The fourth-order valence-corrected chi connectivity index (χ4v) is 3.01. The van der Waals surface area contributed by atoms with Crippen molar-refractivity contribution in [2.75, 3.05) is 32.8 Å². The molecule has 0 aromatic heterocycles. The second-order valence-electron chi connectivity index (χ2n) is 5.93. The number of nitrogens with zero attached hydrogens (tertiary/aromatic N) is 1. The normalized spacial score (nSPS) is 19.7. The number of carbonyl (C=O) groups is 2. The zero-order chi connectivity index (χ0) is 16.1. The van der Waals surface area contributed by atoms with Crippen LogP contribution in [0.5, 0.6) is 0 Å². The van der Waals surface area contributed by atoms with E-state index in [1.165, 1.54) is 0 Å². The lowest BCUT2D eigenvalue weighted by Crippen LogP contribution is -2.49. The molecule has 124 valence electrons. The van der Waals surface area contributed by atoms with Gasteiger partial charge in [-0.2, -0.15) is 0 Å². The van der Waals surface area contributed by atoms with E-state index in [2.05, 4.69) is 5.32 Å². The van der Waals surface area contributed by atoms with Crippen molar-refractivity contribution in [1.29, 1.82) is 0 Å². The van der Waals surface area contributed by atoms with Crippen LogP contribution >= 0.6 is 0 Å². The van der Waals surface area contributed by atoms with Crippen LogP contribution in [0, 0.1) is 0 Å². The van der Waals surface area contributed by atoms with Gasteiger partial charge in [0.2, 0.25) is 11.8 Å². The molecule has 23 heavy (non-hydrogen) atoms. The Morgan fingerprint density at radius 2 is 1.74 bits per heavy atom. The van der Waals surface area contributed by atoms with E-state index in [9.17, 15) is 9.59 Å². The largest absolute Gasteiger partial charge is 0.347 e. The maximum atomic E-state index is 12.2. The van der Waals surface area contributed by atoms with E-state index in [-0.39, 0.29) is 18.4 Å². The predicted molar refractivity (Wildman–Crippen MR) is 83.6 cm³/mol. The van der Waals surface area contributed by atoms with Gasteiger partial charge in [0.15, 0.2) is 5.79 Å². The van der Waals surface area contributed by atoms with Gasteiger partial charge in [0.25, 0.3) is 0 Å². The summed E-state index contributed by atoms with van der Waals surface area (Å²) in [7, 11) is 0. The Kier molecular flexibility index (Phi) is 4.93. The zero-order valence-electron chi connectivity index (χ0n) is 13.1. The van der Waals surface area contributed by atoms with Gasteiger partial charge in [0.1, 0.15) is 0 Å². The third-order valence-corrected chi connectivity index (χ3v) is 4.34. The van der Waals surface area contributed by atoms with Gasteiger partial charge in [0, 0.05) is 25.9 Å². The molecule has 2 amide bonds. The first-order chi connectivity index (χ1) is 11.2. The van der Waals surface area contributed by atoms with Crippen molar-refractivity contribution in [2.45, 2.75) is 25.0 Å². The molecule has 1 N–H and O–H groups in total. The quantitative estimate of drug-likeness (QED) is 0.888. The monoisotopic (exact) mass is 318 g/mol. The van der Waals surface area contributed by atoms with Crippen molar-refractivity contribution in [3.63, 3.8) is 0 Å². The van der Waals surface area contributed by atoms with Gasteiger partial charge in [-0.05, 0) is 5.56 Å². The first-order valence-electron chi connectivity index (χ1n) is 8.03. The molecule has 6 heteroatoms. The molecule has 2 heterocycles. The Labute approximate surface area is 135 Å². The molecule has 2 saturated heterocycles. The van der Waals surface area contributed by atoms with Crippen molar-refractivity contribution >= 4 is 11.8 Å². The number of ether oxygens (including phenoxy) is 2. The van der Waals surface area contributed by atoms with E-state index in [1.807, 2.05) is 30.3 Å². The third kappa shape index (κ3) is 4.09. The van der Waals surface area contributed by atoms with Crippen LogP contribution in [-0.2, 0) is 25.5 Å². The van der Waals surface area contributed by atoms with Crippen LogP contribution < -0.4 is 5.32 Å². The number of hydrogen-bond acceptors (Lipinski definition) is 4. The number of carbonyl (C=O) groups excluding carboxylic acids is 2. The van der Waals surface area contributed by atoms with Crippen LogP contribution in [-0.4, -0.2) is 55.3 Å². The van der Waals surface area contributed by atoms with Gasteiger partial charge in [-0.15, -0.1) is 0 Å². The highest BCUT2D eigenvalue weighted by molar-refractivity contribution is 5.85. The number of likely N-dealkylation sites (tertiary alicyclic amines) is 1. The molecule has 6 nitrogen and oxygen atoms in total. The van der Waals surface area contributed by atoms with Crippen molar-refractivity contribution in [3.05, 3.63) is 35.9 Å². The van der Waals surface area contributed by atoms with Crippen LogP contribution in [0.4, 0.5) is 0 Å². The Morgan fingerprint density at radius 3 is 2.39 bits per heavy atom. The van der Waals surface area contributed by atoms with Crippen LogP contribution in [0.1, 0.15) is 18.4 Å². The summed E-state index contributed by atoms with van der Waals surface area (Å²) in [5.74, 6) is -0.674. The number of hydrogen-bond donors (Lipinski definition) is 1. The molecule has 0 unspecified atom stereocenters. The second kappa shape index (κ2) is 7.10. The second-order valence-corrected chi connectivity index (χ2v) is 5.93. The van der Waals surface area contributed by atoms with Gasteiger partial charge >= 0.3 is 0 Å². The van der Waals surface area contributed by atoms with E-state index in [1.54, 1.807) is 4.90 Å². The van der Waals surface area contributed by atoms with Crippen molar-refractivity contribution < 1.29 is 19.1 Å². The minimum Gasteiger partial charge on any atom is -0.347 e. The van der Waals surface area contributed by atoms with E-state index in [0.717, 1.165) is 5.56 Å². The van der Waals surface area contributed by atoms with Gasteiger partial charge in [-0.3, -0.25) is 9.59 Å². The average molecular weight is 318 g/mol. The first-order valence-corrected chi connectivity index (χ1v) is 8.03. The van der Waals surface area contributed by atoms with Gasteiger partial charge < -0.3 is 19.7 Å².